The fourth-order valence-corrected chi connectivity index (χ4v) is 4.33. The van der Waals surface area contributed by atoms with Crippen molar-refractivity contribution in [3.05, 3.63) is 51.8 Å². The molecule has 0 amide bonds. The van der Waals surface area contributed by atoms with E-state index in [0.717, 1.165) is 24.3 Å². The molecule has 3 rings (SSSR count). The third-order valence-corrected chi connectivity index (χ3v) is 5.89. The third-order valence-electron chi connectivity index (χ3n) is 3.41. The van der Waals surface area contributed by atoms with Gasteiger partial charge in [0.05, 0.1) is 9.92 Å². The minimum absolute atomic E-state index is 0.0245. The second-order valence-corrected chi connectivity index (χ2v) is 7.77. The number of aliphatic hydroxyl groups excluding tert-OH is 1. The summed E-state index contributed by atoms with van der Waals surface area (Å²) >= 11 is 11.6. The normalized spacial score (nSPS) is 20.7. The highest BCUT2D eigenvalue weighted by molar-refractivity contribution is 7.92. The summed E-state index contributed by atoms with van der Waals surface area (Å²) < 4.78 is 69.6. The molecule has 1 N–H and O–H groups in total. The molecule has 0 fully saturated rings. The highest BCUT2D eigenvalue weighted by Gasteiger charge is 2.61. The molecule has 0 spiro atoms. The minimum atomic E-state index is -5.06. The Balaban J connectivity index is 2.11. The van der Waals surface area contributed by atoms with Crippen molar-refractivity contribution >= 4 is 33.0 Å². The van der Waals surface area contributed by atoms with Gasteiger partial charge < -0.3 is 9.84 Å². The maximum Gasteiger partial charge on any atom is 0.379 e. The van der Waals surface area contributed by atoms with Crippen LogP contribution in [0.15, 0.2) is 35.2 Å². The van der Waals surface area contributed by atoms with Gasteiger partial charge in [0.2, 0.25) is 9.84 Å². The van der Waals surface area contributed by atoms with E-state index < -0.39 is 42.5 Å². The Bertz CT molecular complexity index is 927. The van der Waals surface area contributed by atoms with Crippen molar-refractivity contribution in [1.82, 2.24) is 0 Å². The van der Waals surface area contributed by atoms with Crippen LogP contribution in [-0.4, -0.2) is 18.8 Å². The van der Waals surface area contributed by atoms with Gasteiger partial charge in [-0.05, 0) is 24.3 Å². The molecule has 0 bridgehead atoms. The zero-order chi connectivity index (χ0) is 17.9. The van der Waals surface area contributed by atoms with Crippen LogP contribution in [0.4, 0.5) is 13.2 Å². The lowest BCUT2D eigenvalue weighted by molar-refractivity contribution is -0.0375. The van der Waals surface area contributed by atoms with Crippen LogP contribution in [0.25, 0.3) is 0 Å². The standard InChI is InChI=1S/C14H7Cl2F3O4S/c15-6-3-7(17)5-8(4-6)23-9-1-2-10-11(12(9)16)13(20)14(18,19)24(10,21)22/h1-5,13,20H. The Hall–Kier alpha value is -1.48. The van der Waals surface area contributed by atoms with E-state index in [1.165, 1.54) is 6.07 Å². The summed E-state index contributed by atoms with van der Waals surface area (Å²) in [5.74, 6) is -1.02. The molecule has 1 heterocycles. The lowest BCUT2D eigenvalue weighted by Crippen LogP contribution is -2.28. The Morgan fingerprint density at radius 2 is 1.83 bits per heavy atom. The molecule has 0 aliphatic carbocycles. The van der Waals surface area contributed by atoms with Crippen LogP contribution in [0.3, 0.4) is 0 Å². The molecule has 0 saturated carbocycles. The van der Waals surface area contributed by atoms with Crippen molar-refractivity contribution in [2.24, 2.45) is 0 Å². The molecule has 24 heavy (non-hydrogen) atoms. The quantitative estimate of drug-likeness (QED) is 0.816. The van der Waals surface area contributed by atoms with Crippen molar-refractivity contribution in [3.8, 4) is 11.5 Å². The number of rotatable bonds is 2. The molecule has 4 nitrogen and oxygen atoms in total. The molecule has 2 aromatic rings. The summed E-state index contributed by atoms with van der Waals surface area (Å²) in [6.07, 6.45) is -2.63. The van der Waals surface area contributed by atoms with Gasteiger partial charge in [0.15, 0.2) is 6.10 Å². The average Bonchev–Trinajstić information content (AvgIpc) is 2.59. The van der Waals surface area contributed by atoms with E-state index >= 15 is 0 Å². The van der Waals surface area contributed by atoms with Gasteiger partial charge >= 0.3 is 5.25 Å². The molecular formula is C14H7Cl2F3O4S. The predicted molar refractivity (Wildman–Crippen MR) is 80.0 cm³/mol. The predicted octanol–water partition coefficient (Wildman–Crippen LogP) is 4.34. The van der Waals surface area contributed by atoms with Gasteiger partial charge in [0, 0.05) is 16.7 Å². The zero-order valence-electron chi connectivity index (χ0n) is 11.4. The third kappa shape index (κ3) is 2.45. The molecule has 1 atom stereocenters. The Morgan fingerprint density at radius 3 is 2.46 bits per heavy atom. The van der Waals surface area contributed by atoms with Gasteiger partial charge in [-0.3, -0.25) is 0 Å². The SMILES string of the molecule is O=S1(=O)c2ccc(Oc3cc(F)cc(Cl)c3)c(Cl)c2C(O)C1(F)F. The molecule has 1 aliphatic heterocycles. The molecule has 0 saturated heterocycles. The highest BCUT2D eigenvalue weighted by Crippen LogP contribution is 2.53. The van der Waals surface area contributed by atoms with Crippen LogP contribution in [0.1, 0.15) is 11.7 Å². The van der Waals surface area contributed by atoms with Crippen molar-refractivity contribution in [2.45, 2.75) is 16.3 Å². The van der Waals surface area contributed by atoms with Gasteiger partial charge in [-0.25, -0.2) is 12.8 Å². The fraction of sp³-hybridized carbons (Fsp3) is 0.143. The monoisotopic (exact) mass is 398 g/mol. The van der Waals surface area contributed by atoms with E-state index in [2.05, 4.69) is 0 Å². The number of sulfone groups is 1. The maximum absolute atomic E-state index is 13.7. The van der Waals surface area contributed by atoms with Gasteiger partial charge in [0.25, 0.3) is 0 Å². The first-order chi connectivity index (χ1) is 11.1. The molecule has 10 heteroatoms. The van der Waals surface area contributed by atoms with Crippen molar-refractivity contribution in [1.29, 1.82) is 0 Å². The number of alkyl halides is 2. The van der Waals surface area contributed by atoms with E-state index in [9.17, 15) is 26.7 Å². The second kappa shape index (κ2) is 5.52. The first-order valence-corrected chi connectivity index (χ1v) is 8.56. The van der Waals surface area contributed by atoms with Crippen LogP contribution < -0.4 is 4.74 Å². The number of ether oxygens (including phenoxy) is 1. The van der Waals surface area contributed by atoms with Crippen molar-refractivity contribution < 1.29 is 31.4 Å². The molecule has 0 radical (unpaired) electrons. The Kier molecular flexibility index (Phi) is 3.99. The number of aliphatic hydroxyl groups is 1. The second-order valence-electron chi connectivity index (χ2n) is 4.96. The van der Waals surface area contributed by atoms with Gasteiger partial charge in [-0.2, -0.15) is 8.78 Å². The summed E-state index contributed by atoms with van der Waals surface area (Å²) in [4.78, 5) is -0.783. The number of hydrogen-bond donors (Lipinski definition) is 1. The fourth-order valence-electron chi connectivity index (χ4n) is 2.30. The molecule has 2 aromatic carbocycles. The first-order valence-electron chi connectivity index (χ1n) is 6.32. The summed E-state index contributed by atoms with van der Waals surface area (Å²) in [6, 6.07) is 5.12. The number of halogens is 5. The van der Waals surface area contributed by atoms with Crippen LogP contribution in [0.2, 0.25) is 10.0 Å². The number of benzene rings is 2. The molecule has 128 valence electrons. The smallest absolute Gasteiger partial charge is 0.379 e. The largest absolute Gasteiger partial charge is 0.456 e. The summed E-state index contributed by atoms with van der Waals surface area (Å²) in [6.45, 7) is 0. The molecule has 1 aliphatic rings. The number of hydrogen-bond acceptors (Lipinski definition) is 4. The maximum atomic E-state index is 13.7. The van der Waals surface area contributed by atoms with Crippen molar-refractivity contribution in [3.63, 3.8) is 0 Å². The van der Waals surface area contributed by atoms with Crippen LogP contribution in [0.5, 0.6) is 11.5 Å². The molecule has 0 aromatic heterocycles. The van der Waals surface area contributed by atoms with Crippen LogP contribution in [0, 0.1) is 5.82 Å². The van der Waals surface area contributed by atoms with Gasteiger partial charge in [0.1, 0.15) is 17.3 Å². The average molecular weight is 399 g/mol. The highest BCUT2D eigenvalue weighted by atomic mass is 35.5. The summed E-state index contributed by atoms with van der Waals surface area (Å²) in [7, 11) is -5.06. The Morgan fingerprint density at radius 1 is 1.17 bits per heavy atom. The van der Waals surface area contributed by atoms with E-state index in [4.69, 9.17) is 27.9 Å². The van der Waals surface area contributed by atoms with E-state index in [0.29, 0.717) is 0 Å². The number of fused-ring (bicyclic) bond motifs is 1. The topological polar surface area (TPSA) is 63.6 Å². The van der Waals surface area contributed by atoms with E-state index in [1.54, 1.807) is 0 Å². The lowest BCUT2D eigenvalue weighted by Gasteiger charge is -2.14. The Labute approximate surface area is 144 Å². The zero-order valence-corrected chi connectivity index (χ0v) is 13.8. The minimum Gasteiger partial charge on any atom is -0.456 e. The molecule has 1 unspecified atom stereocenters. The molecular weight excluding hydrogens is 392 g/mol. The lowest BCUT2D eigenvalue weighted by atomic mass is 10.1. The van der Waals surface area contributed by atoms with Crippen molar-refractivity contribution in [2.75, 3.05) is 0 Å². The van der Waals surface area contributed by atoms with Gasteiger partial charge in [-0.1, -0.05) is 23.2 Å². The first kappa shape index (κ1) is 17.3. The van der Waals surface area contributed by atoms with Crippen LogP contribution in [-0.2, 0) is 9.84 Å². The summed E-state index contributed by atoms with van der Waals surface area (Å²) in [5, 5.41) is 4.76. The van der Waals surface area contributed by atoms with Crippen LogP contribution >= 0.6 is 23.2 Å². The van der Waals surface area contributed by atoms with E-state index in [1.807, 2.05) is 0 Å². The van der Waals surface area contributed by atoms with E-state index in [-0.39, 0.29) is 16.5 Å². The van der Waals surface area contributed by atoms with Gasteiger partial charge in [-0.15, -0.1) is 0 Å². The summed E-state index contributed by atoms with van der Waals surface area (Å²) in [5.41, 5.74) is -0.665.